The smallest absolute Gasteiger partial charge is 0.331 e. The number of esters is 1. The van der Waals surface area contributed by atoms with Crippen LogP contribution in [-0.4, -0.2) is 20.3 Å². The van der Waals surface area contributed by atoms with Gasteiger partial charge in [0, 0.05) is 34.8 Å². The van der Waals surface area contributed by atoms with E-state index in [0.717, 1.165) is 31.4 Å². The van der Waals surface area contributed by atoms with E-state index < -0.39 is 10.9 Å². The molecular weight excluding hydrogens is 394 g/mol. The molecule has 2 aromatic heterocycles. The topological polar surface area (TPSA) is 104 Å². The molecule has 0 fully saturated rings. The van der Waals surface area contributed by atoms with Crippen molar-refractivity contribution in [2.45, 2.75) is 32.3 Å². The van der Waals surface area contributed by atoms with Crippen LogP contribution < -0.4 is 5.56 Å². The summed E-state index contributed by atoms with van der Waals surface area (Å²) in [7, 11) is 0. The molecule has 0 saturated heterocycles. The minimum absolute atomic E-state index is 0.0206. The highest BCUT2D eigenvalue weighted by atomic mass is 32.1. The Morgan fingerprint density at radius 2 is 2.03 bits per heavy atom. The third kappa shape index (κ3) is 4.09. The van der Waals surface area contributed by atoms with Gasteiger partial charge in [-0.05, 0) is 49.5 Å². The Kier molecular flexibility index (Phi) is 5.22. The first-order valence-electron chi connectivity index (χ1n) is 9.14. The van der Waals surface area contributed by atoms with Gasteiger partial charge in [0.1, 0.15) is 6.61 Å². The molecule has 0 saturated carbocycles. The highest BCUT2D eigenvalue weighted by Crippen LogP contribution is 2.28. The molecular formula is C20H17N3O5S. The number of non-ortho nitro benzene ring substituents is 1. The molecule has 2 heterocycles. The second-order valence-electron chi connectivity index (χ2n) is 6.67. The molecule has 0 aliphatic heterocycles. The van der Waals surface area contributed by atoms with Crippen molar-refractivity contribution >= 4 is 34.0 Å². The first-order chi connectivity index (χ1) is 14.0. The van der Waals surface area contributed by atoms with E-state index in [1.807, 2.05) is 0 Å². The average Bonchev–Trinajstić information content (AvgIpc) is 3.10. The van der Waals surface area contributed by atoms with Gasteiger partial charge in [-0.25, -0.2) is 9.78 Å². The maximum Gasteiger partial charge on any atom is 0.331 e. The Labute approximate surface area is 169 Å². The monoisotopic (exact) mass is 411 g/mol. The van der Waals surface area contributed by atoms with Crippen molar-refractivity contribution in [3.63, 3.8) is 0 Å². The van der Waals surface area contributed by atoms with Crippen molar-refractivity contribution in [1.29, 1.82) is 0 Å². The number of hydrogen-bond donors (Lipinski definition) is 0. The Balaban J connectivity index is 1.43. The number of thiazole rings is 1. The SMILES string of the molecule is O=C(/C=C/c1ccc([N+](=O)[O-])cc1)OCc1cc(=O)n2c3c(sc2n1)CCCC3. The van der Waals surface area contributed by atoms with Crippen LogP contribution in [0.5, 0.6) is 0 Å². The number of nitro benzene ring substituents is 1. The number of aromatic nitrogens is 2. The average molecular weight is 411 g/mol. The zero-order chi connectivity index (χ0) is 20.4. The lowest BCUT2D eigenvalue weighted by molar-refractivity contribution is -0.384. The fourth-order valence-electron chi connectivity index (χ4n) is 3.28. The van der Waals surface area contributed by atoms with Crippen LogP contribution in [0.4, 0.5) is 5.69 Å². The van der Waals surface area contributed by atoms with Gasteiger partial charge < -0.3 is 4.74 Å². The Bertz CT molecular complexity index is 1180. The summed E-state index contributed by atoms with van der Waals surface area (Å²) in [5.41, 5.74) is 1.93. The van der Waals surface area contributed by atoms with Gasteiger partial charge in [-0.2, -0.15) is 0 Å². The molecule has 9 heteroatoms. The van der Waals surface area contributed by atoms with Gasteiger partial charge in [0.25, 0.3) is 11.2 Å². The van der Waals surface area contributed by atoms with Crippen LogP contribution in [0, 0.1) is 10.1 Å². The van der Waals surface area contributed by atoms with Gasteiger partial charge in [0.15, 0.2) is 4.96 Å². The number of rotatable bonds is 5. The number of hydrogen-bond acceptors (Lipinski definition) is 7. The molecule has 0 radical (unpaired) electrons. The van der Waals surface area contributed by atoms with E-state index in [0.29, 0.717) is 16.2 Å². The van der Waals surface area contributed by atoms with Gasteiger partial charge in [-0.1, -0.05) is 0 Å². The molecule has 0 N–H and O–H groups in total. The second kappa shape index (κ2) is 7.96. The van der Waals surface area contributed by atoms with Crippen LogP contribution in [-0.2, 0) is 29.0 Å². The van der Waals surface area contributed by atoms with Crippen molar-refractivity contribution in [3.05, 3.63) is 78.7 Å². The summed E-state index contributed by atoms with van der Waals surface area (Å²) in [4.78, 5) is 40.9. The van der Waals surface area contributed by atoms with Gasteiger partial charge in [0.05, 0.1) is 10.6 Å². The molecule has 1 aliphatic rings. The summed E-state index contributed by atoms with van der Waals surface area (Å²) in [6.45, 7) is -0.0995. The lowest BCUT2D eigenvalue weighted by Crippen LogP contribution is -2.18. The molecule has 0 bridgehead atoms. The quantitative estimate of drug-likeness (QED) is 0.276. The van der Waals surface area contributed by atoms with Crippen molar-refractivity contribution in [2.24, 2.45) is 0 Å². The summed E-state index contributed by atoms with van der Waals surface area (Å²) in [5, 5.41) is 10.6. The summed E-state index contributed by atoms with van der Waals surface area (Å²) >= 11 is 1.52. The first kappa shape index (κ1) is 19.0. The third-order valence-electron chi connectivity index (χ3n) is 4.69. The van der Waals surface area contributed by atoms with Crippen molar-refractivity contribution in [1.82, 2.24) is 9.38 Å². The van der Waals surface area contributed by atoms with Crippen LogP contribution in [0.1, 0.15) is 34.7 Å². The van der Waals surface area contributed by atoms with Crippen molar-refractivity contribution in [2.75, 3.05) is 0 Å². The predicted octanol–water partition coefficient (Wildman–Crippen LogP) is 3.30. The normalized spacial score (nSPS) is 13.5. The largest absolute Gasteiger partial charge is 0.456 e. The highest BCUT2D eigenvalue weighted by Gasteiger charge is 2.18. The number of ether oxygens (including phenoxy) is 1. The molecule has 1 aliphatic carbocycles. The summed E-state index contributed by atoms with van der Waals surface area (Å²) in [6.07, 6.45) is 6.80. The minimum atomic E-state index is -0.587. The third-order valence-corrected chi connectivity index (χ3v) is 5.84. The van der Waals surface area contributed by atoms with E-state index >= 15 is 0 Å². The lowest BCUT2D eigenvalue weighted by atomic mass is 10.0. The zero-order valence-electron chi connectivity index (χ0n) is 15.4. The molecule has 4 rings (SSSR count). The molecule has 8 nitrogen and oxygen atoms in total. The van der Waals surface area contributed by atoms with Crippen LogP contribution in [0.2, 0.25) is 0 Å². The number of benzene rings is 1. The van der Waals surface area contributed by atoms with Gasteiger partial charge in [0.2, 0.25) is 0 Å². The zero-order valence-corrected chi connectivity index (χ0v) is 16.2. The minimum Gasteiger partial charge on any atom is -0.456 e. The summed E-state index contributed by atoms with van der Waals surface area (Å²) in [5.74, 6) is -0.587. The number of carbonyl (C=O) groups excluding carboxylic acids is 1. The van der Waals surface area contributed by atoms with E-state index in [2.05, 4.69) is 4.98 Å². The molecule has 0 unspecified atom stereocenters. The molecule has 1 aromatic carbocycles. The number of carbonyl (C=O) groups is 1. The molecule has 29 heavy (non-hydrogen) atoms. The number of fused-ring (bicyclic) bond motifs is 3. The van der Waals surface area contributed by atoms with Gasteiger partial charge in [-0.3, -0.25) is 19.3 Å². The molecule has 0 spiro atoms. The fourth-order valence-corrected chi connectivity index (χ4v) is 4.51. The number of nitro groups is 1. The number of aryl methyl sites for hydroxylation is 2. The second-order valence-corrected chi connectivity index (χ2v) is 7.73. The molecule has 0 amide bonds. The van der Waals surface area contributed by atoms with Crippen LogP contribution in [0.3, 0.4) is 0 Å². The summed E-state index contributed by atoms with van der Waals surface area (Å²) in [6, 6.07) is 7.20. The lowest BCUT2D eigenvalue weighted by Gasteiger charge is -2.10. The Morgan fingerprint density at radius 3 is 2.79 bits per heavy atom. The first-order valence-corrected chi connectivity index (χ1v) is 9.95. The van der Waals surface area contributed by atoms with Crippen molar-refractivity contribution in [3.8, 4) is 0 Å². The number of nitrogens with zero attached hydrogens (tertiary/aromatic N) is 3. The predicted molar refractivity (Wildman–Crippen MR) is 108 cm³/mol. The molecule has 0 atom stereocenters. The maximum atomic E-state index is 12.5. The van der Waals surface area contributed by atoms with Gasteiger partial charge in [-0.15, -0.1) is 11.3 Å². The Hall–Kier alpha value is -3.33. The van der Waals surface area contributed by atoms with Crippen LogP contribution in [0.25, 0.3) is 11.0 Å². The van der Waals surface area contributed by atoms with E-state index in [-0.39, 0.29) is 17.9 Å². The fraction of sp³-hybridized carbons (Fsp3) is 0.250. The van der Waals surface area contributed by atoms with E-state index in [1.165, 1.54) is 58.7 Å². The molecule has 148 valence electrons. The highest BCUT2D eigenvalue weighted by molar-refractivity contribution is 7.17. The summed E-state index contributed by atoms with van der Waals surface area (Å²) < 4.78 is 6.84. The molecule has 3 aromatic rings. The van der Waals surface area contributed by atoms with E-state index in [4.69, 9.17) is 4.74 Å². The van der Waals surface area contributed by atoms with E-state index in [9.17, 15) is 19.7 Å². The van der Waals surface area contributed by atoms with Gasteiger partial charge >= 0.3 is 5.97 Å². The maximum absolute atomic E-state index is 12.5. The van der Waals surface area contributed by atoms with Crippen molar-refractivity contribution < 1.29 is 14.5 Å². The van der Waals surface area contributed by atoms with Crippen LogP contribution in [0.15, 0.2) is 41.2 Å². The Morgan fingerprint density at radius 1 is 1.28 bits per heavy atom. The van der Waals surface area contributed by atoms with E-state index in [1.54, 1.807) is 4.40 Å². The van der Waals surface area contributed by atoms with Crippen LogP contribution >= 0.6 is 11.3 Å². The standard InChI is InChI=1S/C20H17N3O5S/c24-18-11-14(21-20-22(18)16-3-1-2-4-17(16)29-20)12-28-19(25)10-7-13-5-8-15(9-6-13)23(26)27/h5-11H,1-4,12H2/b10-7+.